The van der Waals surface area contributed by atoms with Crippen molar-refractivity contribution in [3.8, 4) is 0 Å². The highest BCUT2D eigenvalue weighted by atomic mass is 32.2. The maximum absolute atomic E-state index is 12.4. The second kappa shape index (κ2) is 6.02. The summed E-state index contributed by atoms with van der Waals surface area (Å²) in [7, 11) is -3.50. The minimum Gasteiger partial charge on any atom is -0.313 e. The SMILES string of the molecule is CCNCc1cn[nH]c1S(=O)(=O)NC1CCCC1C. The molecule has 6 nitrogen and oxygen atoms in total. The van der Waals surface area contributed by atoms with E-state index in [1.165, 1.54) is 0 Å². The van der Waals surface area contributed by atoms with Crippen molar-refractivity contribution < 1.29 is 8.42 Å². The van der Waals surface area contributed by atoms with Crippen LogP contribution in [0, 0.1) is 5.92 Å². The molecule has 1 heterocycles. The summed E-state index contributed by atoms with van der Waals surface area (Å²) in [6.45, 7) is 5.36. The molecule has 7 heteroatoms. The van der Waals surface area contributed by atoms with Gasteiger partial charge in [0.05, 0.1) is 6.20 Å². The third-order valence-electron chi connectivity index (χ3n) is 3.68. The number of sulfonamides is 1. The van der Waals surface area contributed by atoms with Crippen LogP contribution in [-0.4, -0.2) is 31.2 Å². The van der Waals surface area contributed by atoms with Crippen LogP contribution in [-0.2, 0) is 16.6 Å². The summed E-state index contributed by atoms with van der Waals surface area (Å²) in [6.07, 6.45) is 4.65. The monoisotopic (exact) mass is 286 g/mol. The van der Waals surface area contributed by atoms with Gasteiger partial charge in [-0.1, -0.05) is 20.3 Å². The second-order valence-corrected chi connectivity index (χ2v) is 6.79. The van der Waals surface area contributed by atoms with Crippen molar-refractivity contribution in [3.63, 3.8) is 0 Å². The van der Waals surface area contributed by atoms with Crippen molar-refractivity contribution in [1.82, 2.24) is 20.2 Å². The van der Waals surface area contributed by atoms with Gasteiger partial charge in [0.15, 0.2) is 5.03 Å². The third-order valence-corrected chi connectivity index (χ3v) is 5.18. The Labute approximate surface area is 114 Å². The van der Waals surface area contributed by atoms with E-state index in [9.17, 15) is 8.42 Å². The average Bonchev–Trinajstić information content (AvgIpc) is 2.96. The predicted molar refractivity (Wildman–Crippen MR) is 73.1 cm³/mol. The van der Waals surface area contributed by atoms with E-state index >= 15 is 0 Å². The Morgan fingerprint density at radius 2 is 2.26 bits per heavy atom. The smallest absolute Gasteiger partial charge is 0.258 e. The molecule has 1 aromatic rings. The highest BCUT2D eigenvalue weighted by Gasteiger charge is 2.30. The number of aromatic amines is 1. The molecule has 2 unspecified atom stereocenters. The van der Waals surface area contributed by atoms with Gasteiger partial charge >= 0.3 is 0 Å². The molecule has 1 aliphatic carbocycles. The van der Waals surface area contributed by atoms with Gasteiger partial charge in [0, 0.05) is 18.2 Å². The van der Waals surface area contributed by atoms with Crippen molar-refractivity contribution in [2.45, 2.75) is 50.7 Å². The molecule has 1 aliphatic rings. The lowest BCUT2D eigenvalue weighted by atomic mass is 10.1. The van der Waals surface area contributed by atoms with Gasteiger partial charge in [-0.3, -0.25) is 5.10 Å². The van der Waals surface area contributed by atoms with Gasteiger partial charge in [0.25, 0.3) is 10.0 Å². The first-order valence-corrected chi connectivity index (χ1v) is 8.28. The van der Waals surface area contributed by atoms with Gasteiger partial charge in [-0.15, -0.1) is 0 Å². The van der Waals surface area contributed by atoms with Gasteiger partial charge in [-0.2, -0.15) is 5.10 Å². The molecule has 1 fully saturated rings. The Morgan fingerprint density at radius 3 is 2.89 bits per heavy atom. The summed E-state index contributed by atoms with van der Waals surface area (Å²) < 4.78 is 27.5. The lowest BCUT2D eigenvalue weighted by molar-refractivity contribution is 0.474. The van der Waals surface area contributed by atoms with Crippen molar-refractivity contribution in [3.05, 3.63) is 11.8 Å². The number of hydrogen-bond acceptors (Lipinski definition) is 4. The molecular weight excluding hydrogens is 264 g/mol. The van der Waals surface area contributed by atoms with E-state index < -0.39 is 10.0 Å². The first-order valence-electron chi connectivity index (χ1n) is 6.80. The van der Waals surface area contributed by atoms with E-state index in [-0.39, 0.29) is 11.1 Å². The van der Waals surface area contributed by atoms with E-state index in [1.807, 2.05) is 6.92 Å². The zero-order valence-electron chi connectivity index (χ0n) is 11.4. The predicted octanol–water partition coefficient (Wildman–Crippen LogP) is 0.986. The van der Waals surface area contributed by atoms with Gasteiger partial charge in [-0.05, 0) is 25.3 Å². The summed E-state index contributed by atoms with van der Waals surface area (Å²) >= 11 is 0. The minimum absolute atomic E-state index is 0.0419. The molecule has 0 amide bonds. The van der Waals surface area contributed by atoms with Gasteiger partial charge in [0.2, 0.25) is 0 Å². The number of nitrogens with zero attached hydrogens (tertiary/aromatic N) is 1. The molecule has 0 saturated heterocycles. The summed E-state index contributed by atoms with van der Waals surface area (Å²) in [5.74, 6) is 0.398. The standard InChI is InChI=1S/C12H22N4O2S/c1-3-13-7-10-8-14-15-12(10)19(17,18)16-11-6-4-5-9(11)2/h8-9,11,13,16H,3-7H2,1-2H3,(H,14,15). The molecule has 3 N–H and O–H groups in total. The topological polar surface area (TPSA) is 86.9 Å². The van der Waals surface area contributed by atoms with Crippen molar-refractivity contribution in [2.75, 3.05) is 6.54 Å². The quantitative estimate of drug-likeness (QED) is 0.727. The summed E-state index contributed by atoms with van der Waals surface area (Å²) in [5, 5.41) is 9.75. The Morgan fingerprint density at radius 1 is 1.47 bits per heavy atom. The molecule has 1 aromatic heterocycles. The van der Waals surface area contributed by atoms with Crippen LogP contribution in [0.5, 0.6) is 0 Å². The number of nitrogens with one attached hydrogen (secondary N) is 3. The molecule has 2 atom stereocenters. The van der Waals surface area contributed by atoms with Gasteiger partial charge in [0.1, 0.15) is 0 Å². The van der Waals surface area contributed by atoms with E-state index in [4.69, 9.17) is 0 Å². The summed E-state index contributed by atoms with van der Waals surface area (Å²) in [4.78, 5) is 0. The number of rotatable bonds is 6. The third kappa shape index (κ3) is 3.34. The lowest BCUT2D eigenvalue weighted by Gasteiger charge is -2.17. The first kappa shape index (κ1) is 14.5. The second-order valence-electron chi connectivity index (χ2n) is 5.14. The fraction of sp³-hybridized carbons (Fsp3) is 0.750. The lowest BCUT2D eigenvalue weighted by Crippen LogP contribution is -2.37. The fourth-order valence-electron chi connectivity index (χ4n) is 2.50. The Bertz CT molecular complexity index is 512. The molecule has 108 valence electrons. The Balaban J connectivity index is 2.12. The summed E-state index contributed by atoms with van der Waals surface area (Å²) in [5.41, 5.74) is 0.681. The molecule has 0 aliphatic heterocycles. The van der Waals surface area contributed by atoms with E-state index in [1.54, 1.807) is 6.20 Å². The van der Waals surface area contributed by atoms with Gasteiger partial charge < -0.3 is 5.32 Å². The van der Waals surface area contributed by atoms with Crippen molar-refractivity contribution in [2.24, 2.45) is 5.92 Å². The zero-order valence-corrected chi connectivity index (χ0v) is 12.3. The molecule has 19 heavy (non-hydrogen) atoms. The Hall–Kier alpha value is -0.920. The number of aromatic nitrogens is 2. The van der Waals surface area contributed by atoms with Crippen LogP contribution < -0.4 is 10.0 Å². The molecule has 0 bridgehead atoms. The van der Waals surface area contributed by atoms with Crippen LogP contribution in [0.2, 0.25) is 0 Å². The Kier molecular flexibility index (Phi) is 4.59. The number of H-pyrrole nitrogens is 1. The average molecular weight is 286 g/mol. The molecule has 0 radical (unpaired) electrons. The first-order chi connectivity index (χ1) is 9.04. The summed E-state index contributed by atoms with van der Waals surface area (Å²) in [6, 6.07) is 0.0419. The molecule has 0 spiro atoms. The van der Waals surface area contributed by atoms with Crippen molar-refractivity contribution >= 4 is 10.0 Å². The largest absolute Gasteiger partial charge is 0.313 e. The van der Waals surface area contributed by atoms with Crippen LogP contribution in [0.1, 0.15) is 38.7 Å². The highest BCUT2D eigenvalue weighted by Crippen LogP contribution is 2.26. The molecule has 2 rings (SSSR count). The van der Waals surface area contributed by atoms with Crippen molar-refractivity contribution in [1.29, 1.82) is 0 Å². The zero-order chi connectivity index (χ0) is 13.9. The maximum atomic E-state index is 12.4. The molecular formula is C12H22N4O2S. The van der Waals surface area contributed by atoms with Crippen LogP contribution in [0.4, 0.5) is 0 Å². The van der Waals surface area contributed by atoms with E-state index in [2.05, 4.69) is 27.2 Å². The van der Waals surface area contributed by atoms with Gasteiger partial charge in [-0.25, -0.2) is 13.1 Å². The van der Waals surface area contributed by atoms with E-state index in [0.717, 1.165) is 25.8 Å². The van der Waals surface area contributed by atoms with Crippen LogP contribution in [0.15, 0.2) is 11.2 Å². The minimum atomic E-state index is -3.50. The van der Waals surface area contributed by atoms with Crippen LogP contribution in [0.25, 0.3) is 0 Å². The normalized spacial score (nSPS) is 23.9. The van der Waals surface area contributed by atoms with Crippen LogP contribution >= 0.6 is 0 Å². The molecule has 0 aromatic carbocycles. The number of hydrogen-bond donors (Lipinski definition) is 3. The maximum Gasteiger partial charge on any atom is 0.258 e. The van der Waals surface area contributed by atoms with Crippen LogP contribution in [0.3, 0.4) is 0 Å². The van der Waals surface area contributed by atoms with E-state index in [0.29, 0.717) is 18.0 Å². The molecule has 1 saturated carbocycles. The fourth-order valence-corrected chi connectivity index (χ4v) is 4.01. The highest BCUT2D eigenvalue weighted by molar-refractivity contribution is 7.89.